The van der Waals surface area contributed by atoms with Gasteiger partial charge in [-0.2, -0.15) is 0 Å². The molecule has 84 valence electrons. The van der Waals surface area contributed by atoms with E-state index in [1.54, 1.807) is 23.3 Å². The fourth-order valence-electron chi connectivity index (χ4n) is 1.38. The van der Waals surface area contributed by atoms with Crippen LogP contribution in [-0.4, -0.2) is 22.8 Å². The quantitative estimate of drug-likeness (QED) is 0.841. The first-order valence-electron chi connectivity index (χ1n) is 4.87. The lowest BCUT2D eigenvalue weighted by Gasteiger charge is -2.14. The van der Waals surface area contributed by atoms with E-state index in [1.165, 1.54) is 11.3 Å². The standard InChI is InChI=1S/C11H12N2OS2/c1-8-12-9(7-16-8)6-13(2)11(14)10-4-3-5-15-10/h3-5,7H,6H2,1-2H3. The van der Waals surface area contributed by atoms with Gasteiger partial charge in [-0.05, 0) is 18.4 Å². The van der Waals surface area contributed by atoms with Gasteiger partial charge in [0.05, 0.1) is 22.1 Å². The van der Waals surface area contributed by atoms with Crippen LogP contribution in [0.5, 0.6) is 0 Å². The largest absolute Gasteiger partial charge is 0.335 e. The van der Waals surface area contributed by atoms with Gasteiger partial charge in [-0.15, -0.1) is 22.7 Å². The second-order valence-electron chi connectivity index (χ2n) is 3.50. The van der Waals surface area contributed by atoms with Crippen molar-refractivity contribution in [3.05, 3.63) is 38.5 Å². The normalized spacial score (nSPS) is 10.4. The molecular weight excluding hydrogens is 240 g/mol. The summed E-state index contributed by atoms with van der Waals surface area (Å²) in [5.41, 5.74) is 0.954. The van der Waals surface area contributed by atoms with Crippen LogP contribution in [0.15, 0.2) is 22.9 Å². The highest BCUT2D eigenvalue weighted by Crippen LogP contribution is 2.14. The molecule has 0 bridgehead atoms. The van der Waals surface area contributed by atoms with Gasteiger partial charge in [0.2, 0.25) is 0 Å². The Bertz CT molecular complexity index is 476. The number of thiazole rings is 1. The zero-order valence-corrected chi connectivity index (χ0v) is 10.8. The minimum atomic E-state index is 0.0562. The zero-order chi connectivity index (χ0) is 11.5. The number of aryl methyl sites for hydroxylation is 1. The van der Waals surface area contributed by atoms with Gasteiger partial charge < -0.3 is 4.90 Å². The number of hydrogen-bond donors (Lipinski definition) is 0. The van der Waals surface area contributed by atoms with Crippen LogP contribution >= 0.6 is 22.7 Å². The molecule has 2 rings (SSSR count). The summed E-state index contributed by atoms with van der Waals surface area (Å²) < 4.78 is 0. The van der Waals surface area contributed by atoms with E-state index in [2.05, 4.69) is 4.98 Å². The average molecular weight is 252 g/mol. The number of carbonyl (C=O) groups is 1. The highest BCUT2D eigenvalue weighted by atomic mass is 32.1. The van der Waals surface area contributed by atoms with Gasteiger partial charge in [0, 0.05) is 12.4 Å². The van der Waals surface area contributed by atoms with Crippen molar-refractivity contribution in [1.82, 2.24) is 9.88 Å². The maximum absolute atomic E-state index is 11.9. The van der Waals surface area contributed by atoms with Gasteiger partial charge in [-0.3, -0.25) is 4.79 Å². The third kappa shape index (κ3) is 2.48. The van der Waals surface area contributed by atoms with Gasteiger partial charge in [-0.25, -0.2) is 4.98 Å². The maximum Gasteiger partial charge on any atom is 0.264 e. The lowest BCUT2D eigenvalue weighted by atomic mass is 10.4. The van der Waals surface area contributed by atoms with Gasteiger partial charge in [0.25, 0.3) is 5.91 Å². The van der Waals surface area contributed by atoms with Crippen LogP contribution in [0.25, 0.3) is 0 Å². The molecule has 16 heavy (non-hydrogen) atoms. The van der Waals surface area contributed by atoms with E-state index >= 15 is 0 Å². The summed E-state index contributed by atoms with van der Waals surface area (Å²) >= 11 is 3.08. The van der Waals surface area contributed by atoms with Crippen LogP contribution in [0.2, 0.25) is 0 Å². The summed E-state index contributed by atoms with van der Waals surface area (Å²) in [5, 5.41) is 4.94. The predicted octanol–water partition coefficient (Wildman–Crippen LogP) is 2.79. The monoisotopic (exact) mass is 252 g/mol. The minimum absolute atomic E-state index is 0.0562. The molecule has 0 saturated carbocycles. The topological polar surface area (TPSA) is 33.2 Å². The molecule has 0 aliphatic rings. The molecule has 2 aromatic heterocycles. The van der Waals surface area contributed by atoms with E-state index < -0.39 is 0 Å². The zero-order valence-electron chi connectivity index (χ0n) is 9.14. The molecule has 0 unspecified atom stereocenters. The van der Waals surface area contributed by atoms with Gasteiger partial charge in [0.15, 0.2) is 0 Å². The van der Waals surface area contributed by atoms with Crippen molar-refractivity contribution >= 4 is 28.6 Å². The minimum Gasteiger partial charge on any atom is -0.335 e. The summed E-state index contributed by atoms with van der Waals surface area (Å²) in [4.78, 5) is 18.7. The molecule has 0 aromatic carbocycles. The average Bonchev–Trinajstić information content (AvgIpc) is 2.88. The fourth-order valence-corrected chi connectivity index (χ4v) is 2.71. The molecule has 0 N–H and O–H groups in total. The molecule has 0 spiro atoms. The van der Waals surface area contributed by atoms with E-state index in [1.807, 2.05) is 29.8 Å². The third-order valence-corrected chi connectivity index (χ3v) is 3.82. The Labute approximate surface area is 102 Å². The van der Waals surface area contributed by atoms with Crippen LogP contribution in [0.3, 0.4) is 0 Å². The van der Waals surface area contributed by atoms with E-state index in [4.69, 9.17) is 0 Å². The molecule has 0 aliphatic carbocycles. The Hall–Kier alpha value is -1.20. The van der Waals surface area contributed by atoms with Gasteiger partial charge >= 0.3 is 0 Å². The number of thiophene rings is 1. The molecule has 3 nitrogen and oxygen atoms in total. The Morgan fingerprint density at radius 2 is 2.31 bits per heavy atom. The molecule has 5 heteroatoms. The second-order valence-corrected chi connectivity index (χ2v) is 5.51. The van der Waals surface area contributed by atoms with E-state index in [0.717, 1.165) is 15.6 Å². The molecule has 0 aliphatic heterocycles. The van der Waals surface area contributed by atoms with Crippen LogP contribution in [0, 0.1) is 6.92 Å². The van der Waals surface area contributed by atoms with E-state index in [-0.39, 0.29) is 5.91 Å². The number of carbonyl (C=O) groups excluding carboxylic acids is 1. The molecule has 2 heterocycles. The number of hydrogen-bond acceptors (Lipinski definition) is 4. The third-order valence-electron chi connectivity index (χ3n) is 2.14. The van der Waals surface area contributed by atoms with Crippen molar-refractivity contribution in [2.24, 2.45) is 0 Å². The highest BCUT2D eigenvalue weighted by molar-refractivity contribution is 7.12. The Balaban J connectivity index is 2.03. The SMILES string of the molecule is Cc1nc(CN(C)C(=O)c2cccs2)cs1. The highest BCUT2D eigenvalue weighted by Gasteiger charge is 2.13. The van der Waals surface area contributed by atoms with Crippen LogP contribution in [-0.2, 0) is 6.54 Å². The second kappa shape index (κ2) is 4.76. The Kier molecular flexibility index (Phi) is 3.36. The molecule has 0 saturated heterocycles. The summed E-state index contributed by atoms with van der Waals surface area (Å²) in [6, 6.07) is 3.73. The van der Waals surface area contributed by atoms with Crippen molar-refractivity contribution in [2.45, 2.75) is 13.5 Å². The van der Waals surface area contributed by atoms with Crippen LogP contribution < -0.4 is 0 Å². The molecule has 0 fully saturated rings. The van der Waals surface area contributed by atoms with Gasteiger partial charge in [-0.1, -0.05) is 6.07 Å². The first kappa shape index (κ1) is 11.3. The van der Waals surface area contributed by atoms with Crippen LogP contribution in [0.1, 0.15) is 20.4 Å². The maximum atomic E-state index is 11.9. The summed E-state index contributed by atoms with van der Waals surface area (Å²) in [6.45, 7) is 2.54. The van der Waals surface area contributed by atoms with Crippen molar-refractivity contribution in [2.75, 3.05) is 7.05 Å². The molecule has 0 atom stereocenters. The van der Waals surface area contributed by atoms with Crippen molar-refractivity contribution < 1.29 is 4.79 Å². The van der Waals surface area contributed by atoms with Crippen molar-refractivity contribution in [3.8, 4) is 0 Å². The van der Waals surface area contributed by atoms with Crippen molar-refractivity contribution in [1.29, 1.82) is 0 Å². The molecule has 0 radical (unpaired) electrons. The smallest absolute Gasteiger partial charge is 0.264 e. The van der Waals surface area contributed by atoms with E-state index in [0.29, 0.717) is 6.54 Å². The Morgan fingerprint density at radius 3 is 2.88 bits per heavy atom. The molecular formula is C11H12N2OS2. The van der Waals surface area contributed by atoms with Crippen LogP contribution in [0.4, 0.5) is 0 Å². The first-order valence-corrected chi connectivity index (χ1v) is 6.62. The summed E-state index contributed by atoms with van der Waals surface area (Å²) in [7, 11) is 1.80. The predicted molar refractivity (Wildman–Crippen MR) is 67.0 cm³/mol. The lowest BCUT2D eigenvalue weighted by molar-refractivity contribution is 0.0788. The summed E-state index contributed by atoms with van der Waals surface area (Å²) in [5.74, 6) is 0.0562. The van der Waals surface area contributed by atoms with Crippen molar-refractivity contribution in [3.63, 3.8) is 0 Å². The first-order chi connectivity index (χ1) is 7.66. The molecule has 2 aromatic rings. The fraction of sp³-hybridized carbons (Fsp3) is 0.273. The Morgan fingerprint density at radius 1 is 1.50 bits per heavy atom. The summed E-state index contributed by atoms with van der Waals surface area (Å²) in [6.07, 6.45) is 0. The number of amides is 1. The number of rotatable bonds is 3. The molecule has 1 amide bonds. The van der Waals surface area contributed by atoms with E-state index in [9.17, 15) is 4.79 Å². The number of aromatic nitrogens is 1. The number of nitrogens with zero attached hydrogens (tertiary/aromatic N) is 2. The lowest BCUT2D eigenvalue weighted by Crippen LogP contribution is -2.25. The van der Waals surface area contributed by atoms with Gasteiger partial charge in [0.1, 0.15) is 0 Å².